The van der Waals surface area contributed by atoms with Crippen LogP contribution in [0.5, 0.6) is 0 Å². The predicted molar refractivity (Wildman–Crippen MR) is 71.4 cm³/mol. The third-order valence-corrected chi connectivity index (χ3v) is 3.15. The zero-order valence-corrected chi connectivity index (χ0v) is 10.7. The summed E-state index contributed by atoms with van der Waals surface area (Å²) in [6.45, 7) is 1.99. The number of aryl methyl sites for hydroxylation is 1. The van der Waals surface area contributed by atoms with Gasteiger partial charge in [0.1, 0.15) is 6.07 Å². The van der Waals surface area contributed by atoms with Crippen molar-refractivity contribution in [2.24, 2.45) is 0 Å². The Bertz CT molecular complexity index is 612. The molecule has 0 heterocycles. The molecule has 0 bridgehead atoms. The summed E-state index contributed by atoms with van der Waals surface area (Å²) in [6.07, 6.45) is 0. The highest BCUT2D eigenvalue weighted by atomic mass is 35.5. The first-order chi connectivity index (χ1) is 8.11. The summed E-state index contributed by atoms with van der Waals surface area (Å²) in [5.41, 5.74) is 3.42. The van der Waals surface area contributed by atoms with E-state index in [4.69, 9.17) is 28.5 Å². The Morgan fingerprint density at radius 3 is 2.35 bits per heavy atom. The van der Waals surface area contributed by atoms with Crippen molar-refractivity contribution in [3.05, 3.63) is 57.6 Å². The number of benzene rings is 2. The van der Waals surface area contributed by atoms with Crippen molar-refractivity contribution in [1.82, 2.24) is 0 Å². The van der Waals surface area contributed by atoms with Crippen LogP contribution >= 0.6 is 23.2 Å². The summed E-state index contributed by atoms with van der Waals surface area (Å²) >= 11 is 12.2. The van der Waals surface area contributed by atoms with E-state index in [-0.39, 0.29) is 0 Å². The summed E-state index contributed by atoms with van der Waals surface area (Å²) in [6, 6.07) is 13.2. The van der Waals surface area contributed by atoms with Gasteiger partial charge in [0.25, 0.3) is 0 Å². The molecule has 2 aromatic carbocycles. The molecule has 0 spiro atoms. The second-order valence-corrected chi connectivity index (χ2v) is 4.60. The van der Waals surface area contributed by atoms with Crippen LogP contribution in [0.2, 0.25) is 10.0 Å². The predicted octanol–water partition coefficient (Wildman–Crippen LogP) is 4.84. The number of halogens is 2. The van der Waals surface area contributed by atoms with Gasteiger partial charge in [0.05, 0.1) is 10.6 Å². The van der Waals surface area contributed by atoms with Crippen LogP contribution in [0.4, 0.5) is 0 Å². The maximum absolute atomic E-state index is 8.81. The fraction of sp³-hybridized carbons (Fsp3) is 0.0714. The molecule has 0 amide bonds. The molecular weight excluding hydrogens is 253 g/mol. The lowest BCUT2D eigenvalue weighted by Gasteiger charge is -2.06. The number of hydrogen-bond donors (Lipinski definition) is 0. The average Bonchev–Trinajstić information content (AvgIpc) is 2.29. The minimum absolute atomic E-state index is 0.446. The van der Waals surface area contributed by atoms with Crippen molar-refractivity contribution in [1.29, 1.82) is 5.26 Å². The number of nitriles is 1. The Morgan fingerprint density at radius 1 is 1.00 bits per heavy atom. The summed E-state index contributed by atoms with van der Waals surface area (Å²) < 4.78 is 0. The van der Waals surface area contributed by atoms with Crippen LogP contribution in [0.3, 0.4) is 0 Å². The largest absolute Gasteiger partial charge is 0.192 e. The van der Waals surface area contributed by atoms with E-state index >= 15 is 0 Å². The van der Waals surface area contributed by atoms with Gasteiger partial charge in [-0.1, -0.05) is 41.4 Å². The minimum Gasteiger partial charge on any atom is -0.192 e. The van der Waals surface area contributed by atoms with E-state index in [9.17, 15) is 0 Å². The van der Waals surface area contributed by atoms with Crippen LogP contribution in [0, 0.1) is 18.3 Å². The fourth-order valence-corrected chi connectivity index (χ4v) is 2.19. The molecule has 0 unspecified atom stereocenters. The third-order valence-electron chi connectivity index (χ3n) is 2.53. The quantitative estimate of drug-likeness (QED) is 0.721. The van der Waals surface area contributed by atoms with Gasteiger partial charge in [0, 0.05) is 10.6 Å². The Morgan fingerprint density at radius 2 is 1.76 bits per heavy atom. The lowest BCUT2D eigenvalue weighted by atomic mass is 10.0. The van der Waals surface area contributed by atoms with Gasteiger partial charge in [-0.15, -0.1) is 0 Å². The fourth-order valence-electron chi connectivity index (χ4n) is 1.63. The molecule has 0 saturated heterocycles. The maximum atomic E-state index is 8.81. The van der Waals surface area contributed by atoms with Crippen LogP contribution in [0.25, 0.3) is 11.1 Å². The van der Waals surface area contributed by atoms with E-state index in [2.05, 4.69) is 0 Å². The van der Waals surface area contributed by atoms with Crippen molar-refractivity contribution in [2.75, 3.05) is 0 Å². The highest BCUT2D eigenvalue weighted by molar-refractivity contribution is 6.34. The first-order valence-corrected chi connectivity index (χ1v) is 5.83. The Labute approximate surface area is 110 Å². The molecule has 0 atom stereocenters. The lowest BCUT2D eigenvalue weighted by molar-refractivity contribution is 1.46. The van der Waals surface area contributed by atoms with E-state index in [0.717, 1.165) is 16.7 Å². The molecule has 0 aliphatic carbocycles. The van der Waals surface area contributed by atoms with Gasteiger partial charge in [-0.3, -0.25) is 0 Å². The highest BCUT2D eigenvalue weighted by Crippen LogP contribution is 2.31. The van der Waals surface area contributed by atoms with Crippen molar-refractivity contribution in [3.8, 4) is 17.2 Å². The Balaban J connectivity index is 2.54. The zero-order valence-electron chi connectivity index (χ0n) is 9.17. The van der Waals surface area contributed by atoms with Crippen LogP contribution < -0.4 is 0 Å². The minimum atomic E-state index is 0.446. The molecule has 17 heavy (non-hydrogen) atoms. The molecule has 0 aliphatic heterocycles. The van der Waals surface area contributed by atoms with Gasteiger partial charge in [0.2, 0.25) is 0 Å². The maximum Gasteiger partial charge on any atom is 0.101 e. The van der Waals surface area contributed by atoms with Crippen molar-refractivity contribution in [3.63, 3.8) is 0 Å². The van der Waals surface area contributed by atoms with Gasteiger partial charge in [-0.25, -0.2) is 0 Å². The molecule has 3 heteroatoms. The van der Waals surface area contributed by atoms with E-state index < -0.39 is 0 Å². The van der Waals surface area contributed by atoms with Crippen molar-refractivity contribution < 1.29 is 0 Å². The first-order valence-electron chi connectivity index (χ1n) is 5.08. The van der Waals surface area contributed by atoms with Gasteiger partial charge in [-0.2, -0.15) is 5.26 Å². The van der Waals surface area contributed by atoms with Gasteiger partial charge in [-0.05, 0) is 36.2 Å². The van der Waals surface area contributed by atoms with E-state index in [1.54, 1.807) is 12.1 Å². The lowest BCUT2D eigenvalue weighted by Crippen LogP contribution is -1.83. The molecule has 2 rings (SSSR count). The Kier molecular flexibility index (Phi) is 3.38. The van der Waals surface area contributed by atoms with E-state index in [0.29, 0.717) is 15.6 Å². The molecule has 2 aromatic rings. The third kappa shape index (κ3) is 2.44. The number of rotatable bonds is 1. The van der Waals surface area contributed by atoms with E-state index in [1.807, 2.05) is 37.3 Å². The normalized spacial score (nSPS) is 10.0. The summed E-state index contributed by atoms with van der Waals surface area (Å²) in [5.74, 6) is 0. The molecule has 84 valence electrons. The second kappa shape index (κ2) is 4.79. The van der Waals surface area contributed by atoms with Crippen LogP contribution in [0.15, 0.2) is 36.4 Å². The molecule has 0 fully saturated rings. The molecule has 1 nitrogen and oxygen atoms in total. The molecule has 0 N–H and O–H groups in total. The molecular formula is C14H9Cl2N. The summed E-state index contributed by atoms with van der Waals surface area (Å²) in [7, 11) is 0. The topological polar surface area (TPSA) is 23.8 Å². The first kappa shape index (κ1) is 12.0. The molecule has 0 radical (unpaired) electrons. The van der Waals surface area contributed by atoms with Crippen molar-refractivity contribution in [2.45, 2.75) is 6.92 Å². The average molecular weight is 262 g/mol. The zero-order chi connectivity index (χ0) is 12.4. The highest BCUT2D eigenvalue weighted by Gasteiger charge is 2.06. The second-order valence-electron chi connectivity index (χ2n) is 3.79. The SMILES string of the molecule is Cc1ccc(-c2ccc(C#N)c(Cl)c2)c(Cl)c1. The Hall–Kier alpha value is -1.49. The van der Waals surface area contributed by atoms with Crippen LogP contribution in [-0.2, 0) is 0 Å². The molecule has 0 aromatic heterocycles. The van der Waals surface area contributed by atoms with Gasteiger partial charge < -0.3 is 0 Å². The monoisotopic (exact) mass is 261 g/mol. The van der Waals surface area contributed by atoms with Crippen molar-refractivity contribution >= 4 is 23.2 Å². The molecule has 0 saturated carbocycles. The van der Waals surface area contributed by atoms with Crippen LogP contribution in [0.1, 0.15) is 11.1 Å². The smallest absolute Gasteiger partial charge is 0.101 e. The van der Waals surface area contributed by atoms with Gasteiger partial charge >= 0.3 is 0 Å². The van der Waals surface area contributed by atoms with Gasteiger partial charge in [0.15, 0.2) is 0 Å². The van der Waals surface area contributed by atoms with E-state index in [1.165, 1.54) is 0 Å². The summed E-state index contributed by atoms with van der Waals surface area (Å²) in [4.78, 5) is 0. The molecule has 0 aliphatic rings. The summed E-state index contributed by atoms with van der Waals surface area (Å²) in [5, 5.41) is 9.94. The number of nitrogens with zero attached hydrogens (tertiary/aromatic N) is 1. The number of hydrogen-bond acceptors (Lipinski definition) is 1. The van der Waals surface area contributed by atoms with Crippen LogP contribution in [-0.4, -0.2) is 0 Å². The standard InChI is InChI=1S/C14H9Cl2N/c1-9-2-5-12(14(16)6-9)10-3-4-11(8-17)13(15)7-10/h2-7H,1H3.